The van der Waals surface area contributed by atoms with E-state index < -0.39 is 17.7 Å². The zero-order valence-corrected chi connectivity index (χ0v) is 11.5. The molecule has 5 nitrogen and oxygen atoms in total. The number of amides is 1. The van der Waals surface area contributed by atoms with Crippen LogP contribution >= 0.6 is 0 Å². The molecule has 102 valence electrons. The molecular weight excluding hydrogens is 234 g/mol. The minimum absolute atomic E-state index is 0.0492. The van der Waals surface area contributed by atoms with Gasteiger partial charge in [-0.1, -0.05) is 12.7 Å². The normalized spacial score (nSPS) is 10.4. The number of hydrogen-bond donors (Lipinski definition) is 0. The zero-order chi connectivity index (χ0) is 14.3. The summed E-state index contributed by atoms with van der Waals surface area (Å²) in [5, 5.41) is 0. The maximum absolute atomic E-state index is 11.9. The Bertz CT molecular complexity index is 341. The van der Waals surface area contributed by atoms with Crippen molar-refractivity contribution < 1.29 is 19.1 Å². The van der Waals surface area contributed by atoms with Crippen LogP contribution in [0.4, 0.5) is 4.79 Å². The van der Waals surface area contributed by atoms with E-state index >= 15 is 0 Å². The van der Waals surface area contributed by atoms with Crippen LogP contribution in [0, 0.1) is 0 Å². The van der Waals surface area contributed by atoms with E-state index in [0.717, 1.165) is 0 Å². The summed E-state index contributed by atoms with van der Waals surface area (Å²) >= 11 is 0. The van der Waals surface area contributed by atoms with Gasteiger partial charge in [0.15, 0.2) is 0 Å². The standard InChI is InChI=1S/C13H21NO4/c1-7-8-14(9-10(2)11(15)17-6)12(16)18-13(3,4)5/h7H,1-2,8-9H2,3-6H3. The first-order valence-electron chi connectivity index (χ1n) is 5.56. The van der Waals surface area contributed by atoms with Crippen molar-refractivity contribution in [3.05, 3.63) is 24.8 Å². The summed E-state index contributed by atoms with van der Waals surface area (Å²) in [6.07, 6.45) is 1.03. The van der Waals surface area contributed by atoms with E-state index in [1.807, 2.05) is 0 Å². The molecule has 0 aliphatic carbocycles. The highest BCUT2D eigenvalue weighted by Gasteiger charge is 2.23. The lowest BCUT2D eigenvalue weighted by atomic mass is 10.2. The molecule has 0 aliphatic rings. The monoisotopic (exact) mass is 255 g/mol. The highest BCUT2D eigenvalue weighted by Crippen LogP contribution is 2.11. The first-order chi connectivity index (χ1) is 8.21. The fraction of sp³-hybridized carbons (Fsp3) is 0.538. The van der Waals surface area contributed by atoms with Crippen LogP contribution in [0.3, 0.4) is 0 Å². The van der Waals surface area contributed by atoms with Crippen LogP contribution in [-0.2, 0) is 14.3 Å². The van der Waals surface area contributed by atoms with Gasteiger partial charge < -0.3 is 9.47 Å². The van der Waals surface area contributed by atoms with Gasteiger partial charge in [-0.2, -0.15) is 0 Å². The van der Waals surface area contributed by atoms with Crippen molar-refractivity contribution in [1.29, 1.82) is 0 Å². The Morgan fingerprint density at radius 3 is 2.28 bits per heavy atom. The van der Waals surface area contributed by atoms with Crippen molar-refractivity contribution in [3.8, 4) is 0 Å². The Morgan fingerprint density at radius 2 is 1.89 bits per heavy atom. The number of ether oxygens (including phenoxy) is 2. The van der Waals surface area contributed by atoms with Gasteiger partial charge >= 0.3 is 12.1 Å². The van der Waals surface area contributed by atoms with Crippen molar-refractivity contribution in [2.75, 3.05) is 20.2 Å². The molecule has 0 aromatic heterocycles. The second kappa shape index (κ2) is 6.83. The van der Waals surface area contributed by atoms with Crippen LogP contribution in [0.1, 0.15) is 20.8 Å². The van der Waals surface area contributed by atoms with E-state index in [0.29, 0.717) is 0 Å². The van der Waals surface area contributed by atoms with Gasteiger partial charge in [0, 0.05) is 12.1 Å². The van der Waals surface area contributed by atoms with Crippen LogP contribution < -0.4 is 0 Å². The van der Waals surface area contributed by atoms with Gasteiger partial charge in [-0.15, -0.1) is 6.58 Å². The molecule has 0 atom stereocenters. The summed E-state index contributed by atoms with van der Waals surface area (Å²) in [5.74, 6) is -0.548. The minimum Gasteiger partial charge on any atom is -0.466 e. The number of esters is 1. The van der Waals surface area contributed by atoms with Gasteiger partial charge in [0.25, 0.3) is 0 Å². The molecule has 0 saturated carbocycles. The van der Waals surface area contributed by atoms with Crippen LogP contribution in [0.25, 0.3) is 0 Å². The molecule has 0 aliphatic heterocycles. The first kappa shape index (κ1) is 16.2. The van der Waals surface area contributed by atoms with E-state index in [1.54, 1.807) is 26.8 Å². The number of nitrogens with zero attached hydrogens (tertiary/aromatic N) is 1. The predicted molar refractivity (Wildman–Crippen MR) is 69.2 cm³/mol. The van der Waals surface area contributed by atoms with Crippen LogP contribution in [0.15, 0.2) is 24.8 Å². The number of rotatable bonds is 5. The third-order valence-corrected chi connectivity index (χ3v) is 1.86. The SMILES string of the molecule is C=CCN(CC(=C)C(=O)OC)C(=O)OC(C)(C)C. The van der Waals surface area contributed by atoms with Gasteiger partial charge in [-0.25, -0.2) is 9.59 Å². The van der Waals surface area contributed by atoms with E-state index in [4.69, 9.17) is 4.74 Å². The fourth-order valence-corrected chi connectivity index (χ4v) is 1.13. The van der Waals surface area contributed by atoms with Crippen molar-refractivity contribution in [2.45, 2.75) is 26.4 Å². The second-order valence-electron chi connectivity index (χ2n) is 4.74. The molecule has 0 spiro atoms. The fourth-order valence-electron chi connectivity index (χ4n) is 1.13. The summed E-state index contributed by atoms with van der Waals surface area (Å²) in [7, 11) is 1.26. The molecule has 5 heteroatoms. The quantitative estimate of drug-likeness (QED) is 0.429. The van der Waals surface area contributed by atoms with Crippen molar-refractivity contribution >= 4 is 12.1 Å². The van der Waals surface area contributed by atoms with Crippen molar-refractivity contribution in [1.82, 2.24) is 4.90 Å². The zero-order valence-electron chi connectivity index (χ0n) is 11.5. The number of carbonyl (C=O) groups is 2. The lowest BCUT2D eigenvalue weighted by molar-refractivity contribution is -0.136. The lowest BCUT2D eigenvalue weighted by Crippen LogP contribution is -2.38. The summed E-state index contributed by atoms with van der Waals surface area (Å²) in [6, 6.07) is 0. The molecule has 0 aromatic carbocycles. The van der Waals surface area contributed by atoms with Crippen LogP contribution in [-0.4, -0.2) is 42.8 Å². The smallest absolute Gasteiger partial charge is 0.410 e. The molecule has 18 heavy (non-hydrogen) atoms. The third-order valence-electron chi connectivity index (χ3n) is 1.86. The van der Waals surface area contributed by atoms with Crippen LogP contribution in [0.2, 0.25) is 0 Å². The lowest BCUT2D eigenvalue weighted by Gasteiger charge is -2.26. The summed E-state index contributed by atoms with van der Waals surface area (Å²) in [4.78, 5) is 24.4. The topological polar surface area (TPSA) is 55.8 Å². The van der Waals surface area contributed by atoms with Crippen molar-refractivity contribution in [3.63, 3.8) is 0 Å². The number of carbonyl (C=O) groups excluding carboxylic acids is 2. The Kier molecular flexibility index (Phi) is 6.16. The van der Waals surface area contributed by atoms with E-state index in [2.05, 4.69) is 17.9 Å². The Labute approximate surface area is 108 Å². The van der Waals surface area contributed by atoms with Gasteiger partial charge in [0.2, 0.25) is 0 Å². The first-order valence-corrected chi connectivity index (χ1v) is 5.56. The molecule has 1 amide bonds. The molecule has 0 rings (SSSR count). The molecule has 0 N–H and O–H groups in total. The van der Waals surface area contributed by atoms with Gasteiger partial charge in [0.05, 0.1) is 13.7 Å². The molecule has 0 bridgehead atoms. The number of hydrogen-bond acceptors (Lipinski definition) is 4. The molecule has 0 fully saturated rings. The average Bonchev–Trinajstić information content (AvgIpc) is 2.24. The van der Waals surface area contributed by atoms with Crippen LogP contribution in [0.5, 0.6) is 0 Å². The summed E-state index contributed by atoms with van der Waals surface area (Å²) in [5.41, 5.74) is -0.409. The molecule has 0 radical (unpaired) electrons. The van der Waals surface area contributed by atoms with E-state index in [9.17, 15) is 9.59 Å². The van der Waals surface area contributed by atoms with Gasteiger partial charge in [-0.3, -0.25) is 4.90 Å². The maximum atomic E-state index is 11.9. The highest BCUT2D eigenvalue weighted by atomic mass is 16.6. The number of methoxy groups -OCH3 is 1. The van der Waals surface area contributed by atoms with E-state index in [-0.39, 0.29) is 18.7 Å². The molecule has 0 saturated heterocycles. The molecule has 0 unspecified atom stereocenters. The van der Waals surface area contributed by atoms with Crippen molar-refractivity contribution in [2.24, 2.45) is 0 Å². The molecular formula is C13H21NO4. The largest absolute Gasteiger partial charge is 0.466 e. The Morgan fingerprint density at radius 1 is 1.33 bits per heavy atom. The minimum atomic E-state index is -0.594. The van der Waals surface area contributed by atoms with Gasteiger partial charge in [-0.05, 0) is 20.8 Å². The maximum Gasteiger partial charge on any atom is 0.410 e. The van der Waals surface area contributed by atoms with Gasteiger partial charge in [0.1, 0.15) is 5.60 Å². The highest BCUT2D eigenvalue weighted by molar-refractivity contribution is 5.88. The Balaban J connectivity index is 4.66. The van der Waals surface area contributed by atoms with E-state index in [1.165, 1.54) is 12.0 Å². The molecule has 0 aromatic rings. The predicted octanol–water partition coefficient (Wildman–Crippen LogP) is 2.14. The summed E-state index contributed by atoms with van der Waals surface area (Å²) in [6.45, 7) is 12.8. The average molecular weight is 255 g/mol. The molecule has 0 heterocycles. The third kappa shape index (κ3) is 6.08. The second-order valence-corrected chi connectivity index (χ2v) is 4.74. The summed E-state index contributed by atoms with van der Waals surface area (Å²) < 4.78 is 9.74. The Hall–Kier alpha value is -1.78.